The van der Waals surface area contributed by atoms with Crippen molar-refractivity contribution >= 4 is 35.0 Å². The second kappa shape index (κ2) is 12.9. The smallest absolute Gasteiger partial charge is 0.269 e. The van der Waals surface area contributed by atoms with Crippen molar-refractivity contribution in [3.8, 4) is 17.6 Å². The Hall–Kier alpha value is -5.13. The number of nitrogens with one attached hydrogen (secondary N) is 1. The number of nitro benzene ring substituents is 1. The Morgan fingerprint density at radius 2 is 1.69 bits per heavy atom. The van der Waals surface area contributed by atoms with Crippen LogP contribution in [0.1, 0.15) is 16.7 Å². The van der Waals surface area contributed by atoms with Gasteiger partial charge in [-0.25, -0.2) is 0 Å². The van der Waals surface area contributed by atoms with Crippen LogP contribution in [0.5, 0.6) is 11.5 Å². The lowest BCUT2D eigenvalue weighted by Crippen LogP contribution is -2.13. The van der Waals surface area contributed by atoms with Gasteiger partial charge in [0.1, 0.15) is 36.4 Å². The molecular formula is C30H22ClN3O5. The summed E-state index contributed by atoms with van der Waals surface area (Å²) in [7, 11) is 0. The van der Waals surface area contributed by atoms with Gasteiger partial charge in [0.05, 0.1) is 4.92 Å². The molecule has 0 atom stereocenters. The Morgan fingerprint density at radius 1 is 0.949 bits per heavy atom. The van der Waals surface area contributed by atoms with E-state index >= 15 is 0 Å². The second-order valence-electron chi connectivity index (χ2n) is 8.28. The lowest BCUT2D eigenvalue weighted by Gasteiger charge is -2.11. The maximum Gasteiger partial charge on any atom is 0.269 e. The van der Waals surface area contributed by atoms with Gasteiger partial charge in [-0.1, -0.05) is 60.1 Å². The summed E-state index contributed by atoms with van der Waals surface area (Å²) in [5.41, 5.74) is 2.31. The molecule has 0 aromatic heterocycles. The van der Waals surface area contributed by atoms with Crippen LogP contribution < -0.4 is 14.8 Å². The fourth-order valence-electron chi connectivity index (χ4n) is 3.57. The highest BCUT2D eigenvalue weighted by atomic mass is 35.5. The predicted molar refractivity (Wildman–Crippen MR) is 148 cm³/mol. The molecule has 194 valence electrons. The lowest BCUT2D eigenvalue weighted by atomic mass is 10.1. The number of hydrogen-bond donors (Lipinski definition) is 1. The molecule has 0 aliphatic carbocycles. The summed E-state index contributed by atoms with van der Waals surface area (Å²) >= 11 is 6.16. The standard InChI is InChI=1S/C30H22ClN3O5/c31-28-10-3-1-8-23(28)20-38-27-14-12-25(13-15-27)33-30(35)24(18-32)17-22-7-2-4-11-29(22)39-19-21-6-5-9-26(16-21)34(36)37/h1-17H,19-20H2,(H,33,35)/b24-17+. The highest BCUT2D eigenvalue weighted by molar-refractivity contribution is 6.31. The first kappa shape index (κ1) is 26.9. The van der Waals surface area contributed by atoms with Crippen molar-refractivity contribution in [3.63, 3.8) is 0 Å². The molecule has 4 rings (SSSR count). The number of amides is 1. The number of rotatable bonds is 10. The average Bonchev–Trinajstić information content (AvgIpc) is 2.95. The Kier molecular flexibility index (Phi) is 8.91. The van der Waals surface area contributed by atoms with Crippen LogP contribution in [0.2, 0.25) is 5.02 Å². The summed E-state index contributed by atoms with van der Waals surface area (Å²) in [5, 5.41) is 24.0. The first-order chi connectivity index (χ1) is 18.9. The minimum Gasteiger partial charge on any atom is -0.489 e. The second-order valence-corrected chi connectivity index (χ2v) is 8.69. The van der Waals surface area contributed by atoms with Crippen LogP contribution in [0.25, 0.3) is 6.08 Å². The maximum absolute atomic E-state index is 12.8. The molecule has 1 N–H and O–H groups in total. The molecule has 39 heavy (non-hydrogen) atoms. The van der Waals surface area contributed by atoms with E-state index in [9.17, 15) is 20.2 Å². The summed E-state index contributed by atoms with van der Waals surface area (Å²) in [4.78, 5) is 23.4. The number of ether oxygens (including phenoxy) is 2. The highest BCUT2D eigenvalue weighted by Gasteiger charge is 2.12. The van der Waals surface area contributed by atoms with Gasteiger partial charge in [-0.3, -0.25) is 14.9 Å². The molecule has 0 bridgehead atoms. The van der Waals surface area contributed by atoms with Crippen LogP contribution >= 0.6 is 11.6 Å². The molecule has 0 fully saturated rings. The van der Waals surface area contributed by atoms with E-state index in [1.807, 2.05) is 24.3 Å². The highest BCUT2D eigenvalue weighted by Crippen LogP contribution is 2.24. The molecule has 4 aromatic carbocycles. The number of anilines is 1. The molecule has 0 spiro atoms. The van der Waals surface area contributed by atoms with Crippen LogP contribution in [0.4, 0.5) is 11.4 Å². The van der Waals surface area contributed by atoms with Crippen molar-refractivity contribution in [1.82, 2.24) is 0 Å². The topological polar surface area (TPSA) is 114 Å². The Labute approximate surface area is 229 Å². The third kappa shape index (κ3) is 7.44. The Morgan fingerprint density at radius 3 is 2.44 bits per heavy atom. The summed E-state index contributed by atoms with van der Waals surface area (Å²) in [6.45, 7) is 0.376. The number of carbonyl (C=O) groups is 1. The number of nitro groups is 1. The summed E-state index contributed by atoms with van der Waals surface area (Å²) in [6.07, 6.45) is 1.43. The number of carbonyl (C=O) groups excluding carboxylic acids is 1. The van der Waals surface area contributed by atoms with E-state index < -0.39 is 10.8 Å². The van der Waals surface area contributed by atoms with Crippen molar-refractivity contribution in [2.75, 3.05) is 5.32 Å². The lowest BCUT2D eigenvalue weighted by molar-refractivity contribution is -0.384. The third-order valence-corrected chi connectivity index (χ3v) is 5.93. The zero-order valence-corrected chi connectivity index (χ0v) is 21.3. The number of hydrogen-bond acceptors (Lipinski definition) is 6. The number of non-ortho nitro benzene ring substituents is 1. The molecular weight excluding hydrogens is 518 g/mol. The minimum absolute atomic E-state index is 0.0343. The van der Waals surface area contributed by atoms with Crippen LogP contribution in [0, 0.1) is 21.4 Å². The molecule has 0 aliphatic heterocycles. The van der Waals surface area contributed by atoms with E-state index in [1.54, 1.807) is 66.7 Å². The van der Waals surface area contributed by atoms with E-state index in [0.29, 0.717) is 39.9 Å². The van der Waals surface area contributed by atoms with Gasteiger partial charge < -0.3 is 14.8 Å². The molecule has 0 unspecified atom stereocenters. The third-order valence-electron chi connectivity index (χ3n) is 5.56. The summed E-state index contributed by atoms with van der Waals surface area (Å²) in [6, 6.07) is 29.1. The van der Waals surface area contributed by atoms with Gasteiger partial charge in [0.15, 0.2) is 0 Å². The van der Waals surface area contributed by atoms with Crippen LogP contribution in [-0.4, -0.2) is 10.8 Å². The van der Waals surface area contributed by atoms with Gasteiger partial charge >= 0.3 is 0 Å². The van der Waals surface area contributed by atoms with Gasteiger partial charge in [-0.15, -0.1) is 0 Å². The fraction of sp³-hybridized carbons (Fsp3) is 0.0667. The fourth-order valence-corrected chi connectivity index (χ4v) is 3.76. The predicted octanol–water partition coefficient (Wildman–Crippen LogP) is 6.95. The molecule has 1 amide bonds. The van der Waals surface area contributed by atoms with E-state index in [2.05, 4.69) is 5.32 Å². The number of para-hydroxylation sites is 1. The van der Waals surface area contributed by atoms with Crippen LogP contribution in [-0.2, 0) is 18.0 Å². The number of nitriles is 1. The van der Waals surface area contributed by atoms with Gasteiger partial charge in [0, 0.05) is 34.0 Å². The average molecular weight is 540 g/mol. The Bertz CT molecular complexity index is 1560. The SMILES string of the molecule is N#C/C(=C\c1ccccc1OCc1cccc([N+](=O)[O-])c1)C(=O)Nc1ccc(OCc2ccccc2Cl)cc1. The molecule has 9 heteroatoms. The number of nitrogens with zero attached hydrogens (tertiary/aromatic N) is 2. The molecule has 0 radical (unpaired) electrons. The first-order valence-corrected chi connectivity index (χ1v) is 12.2. The minimum atomic E-state index is -0.587. The normalized spacial score (nSPS) is 10.8. The van der Waals surface area contributed by atoms with Gasteiger partial charge in [0.25, 0.3) is 11.6 Å². The quantitative estimate of drug-likeness (QED) is 0.101. The van der Waals surface area contributed by atoms with Crippen LogP contribution in [0.3, 0.4) is 0 Å². The van der Waals surface area contributed by atoms with E-state index in [0.717, 1.165) is 5.56 Å². The number of benzene rings is 4. The van der Waals surface area contributed by atoms with Gasteiger partial charge in [-0.2, -0.15) is 5.26 Å². The van der Waals surface area contributed by atoms with Crippen molar-refractivity contribution in [2.45, 2.75) is 13.2 Å². The van der Waals surface area contributed by atoms with Crippen molar-refractivity contribution < 1.29 is 19.2 Å². The summed E-state index contributed by atoms with van der Waals surface area (Å²) in [5.74, 6) is 0.430. The molecule has 4 aromatic rings. The molecule has 0 saturated heterocycles. The molecule has 0 heterocycles. The van der Waals surface area contributed by atoms with Crippen molar-refractivity contribution in [3.05, 3.63) is 134 Å². The summed E-state index contributed by atoms with van der Waals surface area (Å²) < 4.78 is 11.6. The van der Waals surface area contributed by atoms with E-state index in [1.165, 1.54) is 18.2 Å². The molecule has 8 nitrogen and oxygen atoms in total. The monoisotopic (exact) mass is 539 g/mol. The Balaban J connectivity index is 1.41. The van der Waals surface area contributed by atoms with Crippen LogP contribution in [0.15, 0.2) is 103 Å². The first-order valence-electron chi connectivity index (χ1n) is 11.8. The van der Waals surface area contributed by atoms with Gasteiger partial charge in [0.2, 0.25) is 0 Å². The molecule has 0 aliphatic rings. The van der Waals surface area contributed by atoms with E-state index in [4.69, 9.17) is 21.1 Å². The maximum atomic E-state index is 12.8. The number of halogens is 1. The zero-order valence-electron chi connectivity index (χ0n) is 20.5. The largest absolute Gasteiger partial charge is 0.489 e. The molecule has 0 saturated carbocycles. The van der Waals surface area contributed by atoms with Crippen molar-refractivity contribution in [1.29, 1.82) is 5.26 Å². The zero-order chi connectivity index (χ0) is 27.6. The van der Waals surface area contributed by atoms with E-state index in [-0.39, 0.29) is 17.9 Å². The van der Waals surface area contributed by atoms with Crippen molar-refractivity contribution in [2.24, 2.45) is 0 Å². The van der Waals surface area contributed by atoms with Gasteiger partial charge in [-0.05, 0) is 48.0 Å².